The molecular weight excluding hydrogens is 322 g/mol. The van der Waals surface area contributed by atoms with Gasteiger partial charge in [-0.05, 0) is 49.8 Å². The number of hydrogen-bond donors (Lipinski definition) is 2. The van der Waals surface area contributed by atoms with Crippen molar-refractivity contribution in [3.63, 3.8) is 0 Å². The van der Waals surface area contributed by atoms with Crippen LogP contribution in [0.2, 0.25) is 0 Å². The predicted octanol–water partition coefficient (Wildman–Crippen LogP) is 3.25. The quantitative estimate of drug-likeness (QED) is 0.752. The van der Waals surface area contributed by atoms with E-state index >= 15 is 0 Å². The van der Waals surface area contributed by atoms with Gasteiger partial charge < -0.3 is 19.9 Å². The fraction of sp³-hybridized carbons (Fsp3) is 0.579. The van der Waals surface area contributed by atoms with E-state index in [2.05, 4.69) is 5.32 Å². The lowest BCUT2D eigenvalue weighted by atomic mass is 9.99. The van der Waals surface area contributed by atoms with Crippen molar-refractivity contribution in [2.75, 3.05) is 7.11 Å². The van der Waals surface area contributed by atoms with Crippen LogP contribution in [-0.2, 0) is 4.79 Å². The van der Waals surface area contributed by atoms with E-state index in [4.69, 9.17) is 9.47 Å². The average Bonchev–Trinajstić information content (AvgIpc) is 3.11. The lowest BCUT2D eigenvalue weighted by Crippen LogP contribution is -2.45. The highest BCUT2D eigenvalue weighted by atomic mass is 16.5. The summed E-state index contributed by atoms with van der Waals surface area (Å²) in [6.07, 6.45) is 5.24. The zero-order chi connectivity index (χ0) is 18.4. The van der Waals surface area contributed by atoms with Crippen LogP contribution >= 0.6 is 0 Å². The Kier molecular flexibility index (Phi) is 6.67. The van der Waals surface area contributed by atoms with Crippen LogP contribution < -0.4 is 14.8 Å². The van der Waals surface area contributed by atoms with Gasteiger partial charge in [-0.3, -0.25) is 4.79 Å². The molecule has 6 heteroatoms. The first-order chi connectivity index (χ1) is 12.0. The number of carbonyl (C=O) groups is 2. The van der Waals surface area contributed by atoms with Crippen molar-refractivity contribution in [3.05, 3.63) is 23.8 Å². The van der Waals surface area contributed by atoms with Crippen molar-refractivity contribution < 1.29 is 24.2 Å². The standard InChI is InChI=1S/C19H27NO5/c1-4-12(2)17(19(22)23)20-18(21)13-9-10-15(16(11-13)24-3)25-14-7-5-6-8-14/h9-12,14,17H,4-8H2,1-3H3,(H,20,21)(H,22,23). The summed E-state index contributed by atoms with van der Waals surface area (Å²) in [5, 5.41) is 11.9. The average molecular weight is 349 g/mol. The number of amides is 1. The van der Waals surface area contributed by atoms with E-state index in [1.807, 2.05) is 6.92 Å². The fourth-order valence-corrected chi connectivity index (χ4v) is 3.00. The number of nitrogens with one attached hydrogen (secondary N) is 1. The number of hydrogen-bond acceptors (Lipinski definition) is 4. The first-order valence-corrected chi connectivity index (χ1v) is 8.84. The highest BCUT2D eigenvalue weighted by molar-refractivity contribution is 5.97. The van der Waals surface area contributed by atoms with Crippen LogP contribution in [-0.4, -0.2) is 36.2 Å². The molecule has 0 aromatic heterocycles. The molecule has 1 amide bonds. The Hall–Kier alpha value is -2.24. The fourth-order valence-electron chi connectivity index (χ4n) is 3.00. The van der Waals surface area contributed by atoms with E-state index in [1.54, 1.807) is 25.1 Å². The molecule has 0 spiro atoms. The molecule has 1 fully saturated rings. The van der Waals surface area contributed by atoms with Gasteiger partial charge in [-0.15, -0.1) is 0 Å². The summed E-state index contributed by atoms with van der Waals surface area (Å²) in [5.41, 5.74) is 0.352. The van der Waals surface area contributed by atoms with Gasteiger partial charge in [0.1, 0.15) is 6.04 Å². The summed E-state index contributed by atoms with van der Waals surface area (Å²) >= 11 is 0. The molecule has 0 radical (unpaired) electrons. The minimum Gasteiger partial charge on any atom is -0.493 e. The second kappa shape index (κ2) is 8.74. The third-order valence-electron chi connectivity index (χ3n) is 4.79. The Morgan fingerprint density at radius 1 is 1.28 bits per heavy atom. The highest BCUT2D eigenvalue weighted by Crippen LogP contribution is 2.32. The van der Waals surface area contributed by atoms with Gasteiger partial charge in [-0.2, -0.15) is 0 Å². The third kappa shape index (κ3) is 4.87. The largest absolute Gasteiger partial charge is 0.493 e. The molecule has 2 rings (SSSR count). The number of carboxylic acid groups (broad SMARTS) is 1. The van der Waals surface area contributed by atoms with Crippen molar-refractivity contribution in [1.82, 2.24) is 5.32 Å². The van der Waals surface area contributed by atoms with Crippen molar-refractivity contribution in [1.29, 1.82) is 0 Å². The molecule has 1 aliphatic rings. The molecule has 1 saturated carbocycles. The lowest BCUT2D eigenvalue weighted by molar-refractivity contribution is -0.140. The Morgan fingerprint density at radius 3 is 2.52 bits per heavy atom. The Balaban J connectivity index is 2.12. The van der Waals surface area contributed by atoms with E-state index < -0.39 is 17.9 Å². The van der Waals surface area contributed by atoms with Crippen LogP contribution in [0.5, 0.6) is 11.5 Å². The number of carbonyl (C=O) groups excluding carboxylic acids is 1. The van der Waals surface area contributed by atoms with Gasteiger partial charge in [-0.1, -0.05) is 20.3 Å². The molecule has 0 aliphatic heterocycles. The van der Waals surface area contributed by atoms with E-state index in [-0.39, 0.29) is 12.0 Å². The summed E-state index contributed by atoms with van der Waals surface area (Å²) in [6, 6.07) is 4.02. The SMILES string of the molecule is CCC(C)C(NC(=O)c1ccc(OC2CCCC2)c(OC)c1)C(=O)O. The van der Waals surface area contributed by atoms with Gasteiger partial charge in [0, 0.05) is 5.56 Å². The van der Waals surface area contributed by atoms with Crippen LogP contribution in [0.4, 0.5) is 0 Å². The number of ether oxygens (including phenoxy) is 2. The van der Waals surface area contributed by atoms with Gasteiger partial charge in [0.05, 0.1) is 13.2 Å². The topological polar surface area (TPSA) is 84.9 Å². The molecule has 25 heavy (non-hydrogen) atoms. The molecule has 6 nitrogen and oxygen atoms in total. The maximum Gasteiger partial charge on any atom is 0.326 e. The van der Waals surface area contributed by atoms with Crippen LogP contribution in [0.1, 0.15) is 56.3 Å². The van der Waals surface area contributed by atoms with Crippen molar-refractivity contribution >= 4 is 11.9 Å². The Morgan fingerprint density at radius 2 is 1.96 bits per heavy atom. The lowest BCUT2D eigenvalue weighted by Gasteiger charge is -2.21. The second-order valence-electron chi connectivity index (χ2n) is 6.56. The number of aliphatic carboxylic acids is 1. The molecule has 0 heterocycles. The van der Waals surface area contributed by atoms with Crippen LogP contribution in [0.3, 0.4) is 0 Å². The molecule has 2 atom stereocenters. The predicted molar refractivity (Wildman–Crippen MR) is 94.2 cm³/mol. The monoisotopic (exact) mass is 349 g/mol. The van der Waals surface area contributed by atoms with Gasteiger partial charge in [0.25, 0.3) is 5.91 Å². The summed E-state index contributed by atoms with van der Waals surface area (Å²) in [7, 11) is 1.53. The van der Waals surface area contributed by atoms with Gasteiger partial charge in [-0.25, -0.2) is 4.79 Å². The van der Waals surface area contributed by atoms with Gasteiger partial charge in [0.15, 0.2) is 11.5 Å². The molecule has 0 bridgehead atoms. The van der Waals surface area contributed by atoms with E-state index in [0.717, 1.165) is 12.8 Å². The number of carboxylic acids is 1. The Bertz CT molecular complexity index is 610. The molecule has 138 valence electrons. The minimum absolute atomic E-state index is 0.159. The van der Waals surface area contributed by atoms with Crippen LogP contribution in [0.15, 0.2) is 18.2 Å². The zero-order valence-electron chi connectivity index (χ0n) is 15.1. The van der Waals surface area contributed by atoms with Crippen LogP contribution in [0.25, 0.3) is 0 Å². The summed E-state index contributed by atoms with van der Waals surface area (Å²) in [6.45, 7) is 3.70. The maximum atomic E-state index is 12.4. The summed E-state index contributed by atoms with van der Waals surface area (Å²) in [4.78, 5) is 23.8. The first-order valence-electron chi connectivity index (χ1n) is 8.84. The first kappa shape index (κ1) is 19.1. The van der Waals surface area contributed by atoms with E-state index in [9.17, 15) is 14.7 Å². The molecular formula is C19H27NO5. The van der Waals surface area contributed by atoms with E-state index in [1.165, 1.54) is 20.0 Å². The number of rotatable bonds is 8. The normalized spacial score (nSPS) is 16.9. The smallest absolute Gasteiger partial charge is 0.326 e. The second-order valence-corrected chi connectivity index (χ2v) is 6.56. The maximum absolute atomic E-state index is 12.4. The highest BCUT2D eigenvalue weighted by Gasteiger charge is 2.26. The zero-order valence-corrected chi connectivity index (χ0v) is 15.1. The molecule has 1 aliphatic carbocycles. The number of benzene rings is 1. The van der Waals surface area contributed by atoms with Gasteiger partial charge in [0.2, 0.25) is 0 Å². The van der Waals surface area contributed by atoms with E-state index in [0.29, 0.717) is 23.5 Å². The molecule has 1 aromatic rings. The molecule has 1 aromatic carbocycles. The summed E-state index contributed by atoms with van der Waals surface area (Å²) in [5.74, 6) is -0.528. The van der Waals surface area contributed by atoms with Crippen molar-refractivity contribution in [2.24, 2.45) is 5.92 Å². The van der Waals surface area contributed by atoms with Crippen molar-refractivity contribution in [3.8, 4) is 11.5 Å². The molecule has 0 saturated heterocycles. The van der Waals surface area contributed by atoms with Gasteiger partial charge >= 0.3 is 5.97 Å². The molecule has 2 unspecified atom stereocenters. The molecule has 2 N–H and O–H groups in total. The van der Waals surface area contributed by atoms with Crippen molar-refractivity contribution in [2.45, 2.75) is 58.1 Å². The minimum atomic E-state index is -1.03. The van der Waals surface area contributed by atoms with Crippen LogP contribution in [0, 0.1) is 5.92 Å². The summed E-state index contributed by atoms with van der Waals surface area (Å²) < 4.78 is 11.3. The third-order valence-corrected chi connectivity index (χ3v) is 4.79. The number of methoxy groups -OCH3 is 1. The Labute approximate surface area is 148 Å².